The third-order valence-electron chi connectivity index (χ3n) is 4.16. The quantitative estimate of drug-likeness (QED) is 0.783. The molecule has 2 aromatic rings. The number of H-pyrrole nitrogens is 1. The van der Waals surface area contributed by atoms with Crippen molar-refractivity contribution >= 4 is 18.0 Å². The zero-order chi connectivity index (χ0) is 22.1. The van der Waals surface area contributed by atoms with E-state index in [4.69, 9.17) is 9.47 Å². The lowest BCUT2D eigenvalue weighted by Crippen LogP contribution is -2.44. The number of anilines is 1. The molecule has 0 aliphatic heterocycles. The number of amides is 2. The van der Waals surface area contributed by atoms with Crippen LogP contribution in [-0.4, -0.2) is 43.6 Å². The summed E-state index contributed by atoms with van der Waals surface area (Å²) in [5, 5.41) is 7.17. The molecule has 3 rings (SSSR count). The first-order chi connectivity index (χ1) is 13.9. The van der Waals surface area contributed by atoms with Crippen LogP contribution in [0, 0.1) is 5.92 Å². The zero-order valence-electron chi connectivity index (χ0n) is 18.4. The van der Waals surface area contributed by atoms with Gasteiger partial charge in [0.25, 0.3) is 0 Å². The zero-order valence-corrected chi connectivity index (χ0v) is 18.4. The van der Waals surface area contributed by atoms with Crippen LogP contribution in [-0.2, 0) is 15.9 Å². The van der Waals surface area contributed by atoms with Gasteiger partial charge in [-0.15, -0.1) is 0 Å². The van der Waals surface area contributed by atoms with Crippen LogP contribution in [0.1, 0.15) is 60.1 Å². The average molecular weight is 415 g/mol. The second-order valence-electron chi connectivity index (χ2n) is 9.43. The average Bonchev–Trinajstić information content (AvgIpc) is 3.27. The van der Waals surface area contributed by atoms with Crippen LogP contribution in [0.15, 0.2) is 18.5 Å². The molecule has 0 atom stereocenters. The Morgan fingerprint density at radius 2 is 1.70 bits per heavy atom. The van der Waals surface area contributed by atoms with Crippen LogP contribution in [0.5, 0.6) is 0 Å². The third kappa shape index (κ3) is 5.77. The van der Waals surface area contributed by atoms with Crippen LogP contribution in [0.4, 0.5) is 15.4 Å². The lowest BCUT2D eigenvalue weighted by molar-refractivity contribution is 0.0429. The van der Waals surface area contributed by atoms with Gasteiger partial charge < -0.3 is 9.47 Å². The van der Waals surface area contributed by atoms with Gasteiger partial charge in [0.05, 0.1) is 11.3 Å². The molecule has 162 valence electrons. The molecular weight excluding hydrogens is 386 g/mol. The van der Waals surface area contributed by atoms with E-state index in [-0.39, 0.29) is 5.82 Å². The summed E-state index contributed by atoms with van der Waals surface area (Å²) in [4.78, 5) is 35.2. The van der Waals surface area contributed by atoms with Gasteiger partial charge in [-0.05, 0) is 66.7 Å². The van der Waals surface area contributed by atoms with E-state index in [1.807, 2.05) is 0 Å². The Balaban J connectivity index is 1.95. The van der Waals surface area contributed by atoms with Gasteiger partial charge in [-0.1, -0.05) is 0 Å². The van der Waals surface area contributed by atoms with E-state index < -0.39 is 23.4 Å². The van der Waals surface area contributed by atoms with E-state index in [0.29, 0.717) is 11.7 Å². The van der Waals surface area contributed by atoms with Crippen molar-refractivity contribution in [2.45, 2.75) is 72.0 Å². The van der Waals surface area contributed by atoms with Crippen molar-refractivity contribution in [3.05, 3.63) is 24.2 Å². The maximum Gasteiger partial charge on any atom is 0.425 e. The summed E-state index contributed by atoms with van der Waals surface area (Å²) >= 11 is 0. The van der Waals surface area contributed by atoms with Gasteiger partial charge in [-0.3, -0.25) is 5.10 Å². The number of hydrogen-bond donors (Lipinski definition) is 1. The summed E-state index contributed by atoms with van der Waals surface area (Å²) < 4.78 is 10.8. The van der Waals surface area contributed by atoms with E-state index in [0.717, 1.165) is 22.6 Å². The van der Waals surface area contributed by atoms with E-state index in [2.05, 4.69) is 20.2 Å². The van der Waals surface area contributed by atoms with Crippen molar-refractivity contribution in [3.8, 4) is 11.4 Å². The first-order valence-corrected chi connectivity index (χ1v) is 10.0. The van der Waals surface area contributed by atoms with Gasteiger partial charge >= 0.3 is 12.2 Å². The normalized spacial score (nSPS) is 14.3. The summed E-state index contributed by atoms with van der Waals surface area (Å²) in [6, 6.07) is 1.47. The fourth-order valence-electron chi connectivity index (χ4n) is 2.74. The van der Waals surface area contributed by atoms with E-state index in [1.54, 1.807) is 47.7 Å². The molecule has 9 heteroatoms. The van der Waals surface area contributed by atoms with E-state index >= 15 is 0 Å². The molecule has 9 nitrogen and oxygen atoms in total. The Morgan fingerprint density at radius 3 is 2.23 bits per heavy atom. The summed E-state index contributed by atoms with van der Waals surface area (Å²) in [5.41, 5.74) is 0.0255. The standard InChI is InChI=1S/C21H29N5O4/c1-20(2,3)29-18(27)26(19(28)30-21(4,5)6)16-9-10-22-17(24-16)14-12-23-25-15(14)11-13-7-8-13/h9-10,12-13H,7-8,11H2,1-6H3,(H,23,25). The Hall–Kier alpha value is -2.97. The first kappa shape index (κ1) is 21.7. The van der Waals surface area contributed by atoms with Crippen LogP contribution in [0.3, 0.4) is 0 Å². The van der Waals surface area contributed by atoms with Gasteiger partial charge in [-0.2, -0.15) is 10.00 Å². The van der Waals surface area contributed by atoms with Gasteiger partial charge in [0.2, 0.25) is 0 Å². The number of nitrogens with zero attached hydrogens (tertiary/aromatic N) is 4. The fraction of sp³-hybridized carbons (Fsp3) is 0.571. The van der Waals surface area contributed by atoms with E-state index in [9.17, 15) is 9.59 Å². The minimum atomic E-state index is -0.869. The van der Waals surface area contributed by atoms with Crippen LogP contribution in [0.25, 0.3) is 11.4 Å². The van der Waals surface area contributed by atoms with Crippen molar-refractivity contribution in [1.82, 2.24) is 20.2 Å². The van der Waals surface area contributed by atoms with Crippen LogP contribution >= 0.6 is 0 Å². The van der Waals surface area contributed by atoms with Gasteiger partial charge in [0.15, 0.2) is 11.6 Å². The SMILES string of the molecule is CC(C)(C)OC(=O)N(C(=O)OC(C)(C)C)c1ccnc(-c2c[nH]nc2CC2CC2)n1. The minimum Gasteiger partial charge on any atom is -0.443 e. The molecule has 1 saturated carbocycles. The number of carbonyl (C=O) groups is 2. The summed E-state index contributed by atoms with van der Waals surface area (Å²) in [6.45, 7) is 10.3. The Labute approximate surface area is 176 Å². The highest BCUT2D eigenvalue weighted by atomic mass is 16.6. The van der Waals surface area contributed by atoms with Crippen molar-refractivity contribution in [2.24, 2.45) is 5.92 Å². The lowest BCUT2D eigenvalue weighted by Gasteiger charge is -2.28. The lowest BCUT2D eigenvalue weighted by atomic mass is 10.1. The second-order valence-corrected chi connectivity index (χ2v) is 9.43. The van der Waals surface area contributed by atoms with Crippen molar-refractivity contribution in [3.63, 3.8) is 0 Å². The predicted molar refractivity (Wildman–Crippen MR) is 111 cm³/mol. The van der Waals surface area contributed by atoms with Crippen LogP contribution < -0.4 is 4.90 Å². The highest BCUT2D eigenvalue weighted by Crippen LogP contribution is 2.34. The summed E-state index contributed by atoms with van der Waals surface area (Å²) in [5.74, 6) is 1.08. The maximum atomic E-state index is 12.8. The molecule has 1 fully saturated rings. The highest BCUT2D eigenvalue weighted by Gasteiger charge is 2.34. The molecular formula is C21H29N5O4. The van der Waals surface area contributed by atoms with Crippen LogP contribution in [0.2, 0.25) is 0 Å². The molecule has 1 aliphatic carbocycles. The molecule has 2 amide bonds. The number of nitrogens with one attached hydrogen (secondary N) is 1. The first-order valence-electron chi connectivity index (χ1n) is 10.0. The largest absolute Gasteiger partial charge is 0.443 e. The van der Waals surface area contributed by atoms with Gasteiger partial charge in [0.1, 0.15) is 11.2 Å². The molecule has 0 unspecified atom stereocenters. The molecule has 2 heterocycles. The van der Waals surface area contributed by atoms with Gasteiger partial charge in [0, 0.05) is 18.5 Å². The number of aromatic amines is 1. The molecule has 0 bridgehead atoms. The molecule has 0 saturated heterocycles. The number of rotatable bonds is 4. The van der Waals surface area contributed by atoms with Crippen molar-refractivity contribution in [1.29, 1.82) is 0 Å². The van der Waals surface area contributed by atoms with Gasteiger partial charge in [-0.25, -0.2) is 19.6 Å². The topological polar surface area (TPSA) is 110 Å². The Morgan fingerprint density at radius 1 is 1.10 bits per heavy atom. The number of ether oxygens (including phenoxy) is 2. The number of aromatic nitrogens is 4. The fourth-order valence-corrected chi connectivity index (χ4v) is 2.74. The number of imide groups is 1. The monoisotopic (exact) mass is 415 g/mol. The molecule has 30 heavy (non-hydrogen) atoms. The number of hydrogen-bond acceptors (Lipinski definition) is 7. The molecule has 0 radical (unpaired) electrons. The molecule has 2 aromatic heterocycles. The smallest absolute Gasteiger partial charge is 0.425 e. The van der Waals surface area contributed by atoms with Crippen molar-refractivity contribution < 1.29 is 19.1 Å². The minimum absolute atomic E-state index is 0.0714. The highest BCUT2D eigenvalue weighted by molar-refractivity contribution is 6.08. The molecule has 1 N–H and O–H groups in total. The molecule has 0 aromatic carbocycles. The molecule has 0 spiro atoms. The predicted octanol–water partition coefficient (Wildman–Crippen LogP) is 4.50. The van der Waals surface area contributed by atoms with Crippen molar-refractivity contribution in [2.75, 3.05) is 4.90 Å². The summed E-state index contributed by atoms with van der Waals surface area (Å²) in [7, 11) is 0. The maximum absolute atomic E-state index is 12.8. The Kier molecular flexibility index (Phi) is 5.83. The third-order valence-corrected chi connectivity index (χ3v) is 4.16. The Bertz CT molecular complexity index is 894. The number of carbonyl (C=O) groups excluding carboxylic acids is 2. The molecule has 1 aliphatic rings. The van der Waals surface area contributed by atoms with E-state index in [1.165, 1.54) is 25.1 Å². The summed E-state index contributed by atoms with van der Waals surface area (Å²) in [6.07, 6.45) is 4.71. The second kappa shape index (κ2) is 8.04.